The van der Waals surface area contributed by atoms with Crippen molar-refractivity contribution in [2.45, 2.75) is 71.5 Å². The molecule has 0 radical (unpaired) electrons. The van der Waals surface area contributed by atoms with Gasteiger partial charge in [0.25, 0.3) is 5.91 Å². The molecule has 4 rings (SSSR count). The standard InChI is InChI=1S/C32H38N2O3/c1-23-13-15-27(16-14-23)21-34(31(35)22-37-29-18-24(2)17-25(3)19-29)30(20-26-9-5-4-6-10-26)32(36)33-28-11-7-8-12-28/h4-6,9-10,13-19,28,30H,7-8,11-12,20-22H2,1-3H3,(H,33,36). The zero-order valence-corrected chi connectivity index (χ0v) is 22.2. The summed E-state index contributed by atoms with van der Waals surface area (Å²) in [5.41, 5.74) is 5.32. The SMILES string of the molecule is Cc1ccc(CN(C(=O)COc2cc(C)cc(C)c2)C(Cc2ccccc2)C(=O)NC2CCCC2)cc1. The van der Waals surface area contributed by atoms with Crippen LogP contribution >= 0.6 is 0 Å². The first-order valence-electron chi connectivity index (χ1n) is 13.3. The van der Waals surface area contributed by atoms with E-state index in [2.05, 4.69) is 11.4 Å². The molecule has 2 amide bonds. The molecule has 1 saturated carbocycles. The average Bonchev–Trinajstić information content (AvgIpc) is 3.39. The highest BCUT2D eigenvalue weighted by molar-refractivity contribution is 5.88. The lowest BCUT2D eigenvalue weighted by atomic mass is 10.0. The number of hydrogen-bond acceptors (Lipinski definition) is 3. The largest absolute Gasteiger partial charge is 0.484 e. The molecule has 0 spiro atoms. The van der Waals surface area contributed by atoms with Crippen molar-refractivity contribution in [2.24, 2.45) is 0 Å². The Bertz CT molecular complexity index is 1160. The number of hydrogen-bond donors (Lipinski definition) is 1. The smallest absolute Gasteiger partial charge is 0.261 e. The Hall–Kier alpha value is -3.60. The van der Waals surface area contributed by atoms with Gasteiger partial charge in [0.05, 0.1) is 0 Å². The maximum Gasteiger partial charge on any atom is 0.261 e. The van der Waals surface area contributed by atoms with Crippen molar-refractivity contribution in [2.75, 3.05) is 6.61 Å². The molecule has 3 aromatic rings. The van der Waals surface area contributed by atoms with Gasteiger partial charge in [0.1, 0.15) is 11.8 Å². The quantitative estimate of drug-likeness (QED) is 0.391. The topological polar surface area (TPSA) is 58.6 Å². The van der Waals surface area contributed by atoms with E-state index in [0.29, 0.717) is 18.7 Å². The van der Waals surface area contributed by atoms with Crippen molar-refractivity contribution >= 4 is 11.8 Å². The predicted molar refractivity (Wildman–Crippen MR) is 147 cm³/mol. The van der Waals surface area contributed by atoms with Crippen molar-refractivity contribution in [3.63, 3.8) is 0 Å². The van der Waals surface area contributed by atoms with E-state index in [1.807, 2.05) is 87.5 Å². The molecule has 5 nitrogen and oxygen atoms in total. The van der Waals surface area contributed by atoms with Crippen molar-refractivity contribution in [1.29, 1.82) is 0 Å². The van der Waals surface area contributed by atoms with Crippen LogP contribution in [0.25, 0.3) is 0 Å². The molecule has 1 aliphatic carbocycles. The van der Waals surface area contributed by atoms with Crippen molar-refractivity contribution in [3.8, 4) is 5.75 Å². The molecule has 0 aromatic heterocycles. The van der Waals surface area contributed by atoms with Gasteiger partial charge in [-0.3, -0.25) is 9.59 Å². The minimum Gasteiger partial charge on any atom is -0.484 e. The van der Waals surface area contributed by atoms with E-state index < -0.39 is 6.04 Å². The van der Waals surface area contributed by atoms with Crippen LogP contribution in [-0.2, 0) is 22.6 Å². The fourth-order valence-corrected chi connectivity index (χ4v) is 5.06. The lowest BCUT2D eigenvalue weighted by Crippen LogP contribution is -2.53. The van der Waals surface area contributed by atoms with Gasteiger partial charge in [-0.2, -0.15) is 0 Å². The highest BCUT2D eigenvalue weighted by Crippen LogP contribution is 2.21. The Morgan fingerprint density at radius 3 is 2.16 bits per heavy atom. The first-order chi connectivity index (χ1) is 17.9. The molecule has 0 saturated heterocycles. The normalized spacial score (nSPS) is 14.2. The summed E-state index contributed by atoms with van der Waals surface area (Å²) in [6.45, 7) is 6.27. The van der Waals surface area contributed by atoms with Crippen LogP contribution in [0.4, 0.5) is 0 Å². The molecule has 5 heteroatoms. The number of amides is 2. The zero-order chi connectivity index (χ0) is 26.2. The summed E-state index contributed by atoms with van der Waals surface area (Å²) in [5.74, 6) is 0.362. The maximum absolute atomic E-state index is 13.8. The number of rotatable bonds is 10. The lowest BCUT2D eigenvalue weighted by Gasteiger charge is -2.32. The number of aryl methyl sites for hydroxylation is 3. The van der Waals surface area contributed by atoms with Crippen molar-refractivity contribution in [3.05, 3.63) is 101 Å². The second kappa shape index (κ2) is 12.6. The fourth-order valence-electron chi connectivity index (χ4n) is 5.06. The fraction of sp³-hybridized carbons (Fsp3) is 0.375. The van der Waals surface area contributed by atoms with E-state index in [0.717, 1.165) is 53.5 Å². The van der Waals surface area contributed by atoms with Crippen LogP contribution < -0.4 is 10.1 Å². The highest BCUT2D eigenvalue weighted by Gasteiger charge is 2.32. The van der Waals surface area contributed by atoms with Gasteiger partial charge in [-0.1, -0.05) is 79.1 Å². The van der Waals surface area contributed by atoms with Crippen LogP contribution in [0, 0.1) is 20.8 Å². The minimum absolute atomic E-state index is 0.0948. The van der Waals surface area contributed by atoms with Gasteiger partial charge >= 0.3 is 0 Å². The molecule has 1 fully saturated rings. The van der Waals surface area contributed by atoms with Gasteiger partial charge in [-0.25, -0.2) is 0 Å². The first kappa shape index (κ1) is 26.5. The molecule has 37 heavy (non-hydrogen) atoms. The Balaban J connectivity index is 1.61. The van der Waals surface area contributed by atoms with Crippen LogP contribution in [0.2, 0.25) is 0 Å². The van der Waals surface area contributed by atoms with Gasteiger partial charge in [0, 0.05) is 19.0 Å². The summed E-state index contributed by atoms with van der Waals surface area (Å²) < 4.78 is 5.96. The summed E-state index contributed by atoms with van der Waals surface area (Å²) in [6.07, 6.45) is 4.69. The molecule has 0 aliphatic heterocycles. The summed E-state index contributed by atoms with van der Waals surface area (Å²) in [4.78, 5) is 29.2. The van der Waals surface area contributed by atoms with Crippen LogP contribution in [0.3, 0.4) is 0 Å². The molecule has 0 heterocycles. The second-order valence-corrected chi connectivity index (χ2v) is 10.3. The van der Waals surface area contributed by atoms with E-state index in [-0.39, 0.29) is 24.5 Å². The van der Waals surface area contributed by atoms with Gasteiger partial charge in [-0.15, -0.1) is 0 Å². The Kier molecular flexibility index (Phi) is 8.99. The van der Waals surface area contributed by atoms with E-state index in [1.54, 1.807) is 4.90 Å². The number of nitrogens with one attached hydrogen (secondary N) is 1. The summed E-state index contributed by atoms with van der Waals surface area (Å²) in [6, 6.07) is 23.5. The molecule has 1 atom stereocenters. The van der Waals surface area contributed by atoms with Crippen LogP contribution in [-0.4, -0.2) is 35.4 Å². The van der Waals surface area contributed by atoms with Crippen molar-refractivity contribution in [1.82, 2.24) is 10.2 Å². The van der Waals surface area contributed by atoms with E-state index in [1.165, 1.54) is 0 Å². The highest BCUT2D eigenvalue weighted by atomic mass is 16.5. The molecule has 1 N–H and O–H groups in total. The minimum atomic E-state index is -0.639. The first-order valence-corrected chi connectivity index (χ1v) is 13.3. The van der Waals surface area contributed by atoms with Crippen molar-refractivity contribution < 1.29 is 14.3 Å². The monoisotopic (exact) mass is 498 g/mol. The van der Waals surface area contributed by atoms with E-state index >= 15 is 0 Å². The third-order valence-corrected chi connectivity index (χ3v) is 7.00. The molecule has 3 aromatic carbocycles. The number of nitrogens with zero attached hydrogens (tertiary/aromatic N) is 1. The third-order valence-electron chi connectivity index (χ3n) is 7.00. The summed E-state index contributed by atoms with van der Waals surface area (Å²) >= 11 is 0. The number of carbonyl (C=O) groups is 2. The summed E-state index contributed by atoms with van der Waals surface area (Å²) in [7, 11) is 0. The molecular formula is C32H38N2O3. The molecule has 0 bridgehead atoms. The third kappa shape index (κ3) is 7.69. The molecular weight excluding hydrogens is 460 g/mol. The summed E-state index contributed by atoms with van der Waals surface area (Å²) in [5, 5.41) is 3.24. The van der Waals surface area contributed by atoms with Crippen LogP contribution in [0.15, 0.2) is 72.8 Å². The maximum atomic E-state index is 13.8. The molecule has 1 aliphatic rings. The van der Waals surface area contributed by atoms with E-state index in [4.69, 9.17) is 4.74 Å². The lowest BCUT2D eigenvalue weighted by molar-refractivity contribution is -0.143. The molecule has 194 valence electrons. The molecule has 1 unspecified atom stereocenters. The van der Waals surface area contributed by atoms with Gasteiger partial charge in [-0.05, 0) is 68.0 Å². The van der Waals surface area contributed by atoms with Gasteiger partial charge in [0.15, 0.2) is 6.61 Å². The Morgan fingerprint density at radius 1 is 0.865 bits per heavy atom. The number of benzene rings is 3. The van der Waals surface area contributed by atoms with E-state index in [9.17, 15) is 9.59 Å². The second-order valence-electron chi connectivity index (χ2n) is 10.3. The Morgan fingerprint density at radius 2 is 1.51 bits per heavy atom. The number of carbonyl (C=O) groups excluding carboxylic acids is 2. The van der Waals surface area contributed by atoms with Crippen LogP contribution in [0.5, 0.6) is 5.75 Å². The average molecular weight is 499 g/mol. The predicted octanol–water partition coefficient (Wildman–Crippen LogP) is 5.69. The van der Waals surface area contributed by atoms with Crippen LogP contribution in [0.1, 0.15) is 53.5 Å². The van der Waals surface area contributed by atoms with Gasteiger partial charge < -0.3 is 15.0 Å². The number of ether oxygens (including phenoxy) is 1. The Labute approximate surface area is 220 Å². The van der Waals surface area contributed by atoms with Gasteiger partial charge in [0.2, 0.25) is 5.91 Å². The zero-order valence-electron chi connectivity index (χ0n) is 22.2.